The lowest BCUT2D eigenvalue weighted by molar-refractivity contribution is -0.116. The van der Waals surface area contributed by atoms with E-state index in [0.717, 1.165) is 46.0 Å². The summed E-state index contributed by atoms with van der Waals surface area (Å²) in [5.41, 5.74) is 5.74. The minimum Gasteiger partial charge on any atom is -0.337 e. The van der Waals surface area contributed by atoms with E-state index in [9.17, 15) is 9.59 Å². The van der Waals surface area contributed by atoms with E-state index in [4.69, 9.17) is 0 Å². The normalized spacial score (nSPS) is 10.8. The zero-order valence-corrected chi connectivity index (χ0v) is 14.8. The Morgan fingerprint density at radius 2 is 1.92 bits per heavy atom. The fourth-order valence-corrected chi connectivity index (χ4v) is 3.20. The van der Waals surface area contributed by atoms with Crippen LogP contribution in [0.2, 0.25) is 0 Å². The average molecular weight is 334 g/mol. The summed E-state index contributed by atoms with van der Waals surface area (Å²) in [4.78, 5) is 23.9. The number of benzene rings is 2. The van der Waals surface area contributed by atoms with E-state index in [2.05, 4.69) is 12.2 Å². The van der Waals surface area contributed by atoms with E-state index in [1.165, 1.54) is 0 Å². The first-order chi connectivity index (χ1) is 12.0. The van der Waals surface area contributed by atoms with Crippen molar-refractivity contribution in [2.45, 2.75) is 33.7 Å². The van der Waals surface area contributed by atoms with Crippen molar-refractivity contribution in [1.82, 2.24) is 4.57 Å². The number of carbonyl (C=O) groups excluding carboxylic acids is 2. The zero-order chi connectivity index (χ0) is 18.0. The number of aromatic nitrogens is 1. The first-order valence-corrected chi connectivity index (χ1v) is 8.47. The van der Waals surface area contributed by atoms with Gasteiger partial charge in [-0.25, -0.2) is 0 Å². The number of hydrogen-bond acceptors (Lipinski definition) is 2. The number of aryl methyl sites for hydroxylation is 2. The van der Waals surface area contributed by atoms with Crippen LogP contribution >= 0.6 is 0 Å². The molecule has 0 bridgehead atoms. The molecule has 0 saturated carbocycles. The quantitative estimate of drug-likeness (QED) is 0.708. The molecule has 3 rings (SSSR count). The number of para-hydroxylation sites is 1. The van der Waals surface area contributed by atoms with Crippen LogP contribution in [0, 0.1) is 13.8 Å². The zero-order valence-electron chi connectivity index (χ0n) is 14.8. The van der Waals surface area contributed by atoms with Gasteiger partial charge in [-0.3, -0.25) is 9.59 Å². The lowest BCUT2D eigenvalue weighted by Gasteiger charge is -2.12. The van der Waals surface area contributed by atoms with Gasteiger partial charge in [0.2, 0.25) is 5.91 Å². The Labute approximate surface area is 147 Å². The SMILES string of the molecule is CCc1cccc2c(C=O)cn(CC(=O)Nc3cccc(C)c3C)c12. The van der Waals surface area contributed by atoms with Crippen molar-refractivity contribution in [2.24, 2.45) is 0 Å². The number of hydrogen-bond donors (Lipinski definition) is 1. The second-order valence-electron chi connectivity index (χ2n) is 6.29. The van der Waals surface area contributed by atoms with E-state index >= 15 is 0 Å². The van der Waals surface area contributed by atoms with Gasteiger partial charge in [0.1, 0.15) is 6.54 Å². The average Bonchev–Trinajstić information content (AvgIpc) is 2.96. The van der Waals surface area contributed by atoms with Gasteiger partial charge < -0.3 is 9.88 Å². The van der Waals surface area contributed by atoms with Gasteiger partial charge in [0.05, 0.1) is 5.52 Å². The van der Waals surface area contributed by atoms with Crippen LogP contribution in [0.1, 0.15) is 34.0 Å². The van der Waals surface area contributed by atoms with Gasteiger partial charge in [-0.15, -0.1) is 0 Å². The summed E-state index contributed by atoms with van der Waals surface area (Å²) < 4.78 is 1.87. The van der Waals surface area contributed by atoms with Gasteiger partial charge in [-0.2, -0.15) is 0 Å². The maximum absolute atomic E-state index is 12.6. The molecular weight excluding hydrogens is 312 g/mol. The molecule has 1 heterocycles. The molecule has 0 aliphatic heterocycles. The highest BCUT2D eigenvalue weighted by molar-refractivity contribution is 6.00. The van der Waals surface area contributed by atoms with Gasteiger partial charge in [-0.1, -0.05) is 37.3 Å². The molecule has 0 spiro atoms. The van der Waals surface area contributed by atoms with Crippen LogP contribution in [0.25, 0.3) is 10.9 Å². The third-order valence-electron chi connectivity index (χ3n) is 4.71. The van der Waals surface area contributed by atoms with Gasteiger partial charge in [0.25, 0.3) is 0 Å². The van der Waals surface area contributed by atoms with Crippen LogP contribution in [0.4, 0.5) is 5.69 Å². The van der Waals surface area contributed by atoms with Crippen molar-refractivity contribution >= 4 is 28.8 Å². The Kier molecular flexibility index (Phi) is 4.70. The van der Waals surface area contributed by atoms with Crippen molar-refractivity contribution in [3.63, 3.8) is 0 Å². The van der Waals surface area contributed by atoms with Crippen LogP contribution in [-0.2, 0) is 17.8 Å². The van der Waals surface area contributed by atoms with Gasteiger partial charge >= 0.3 is 0 Å². The highest BCUT2D eigenvalue weighted by Crippen LogP contribution is 2.25. The third kappa shape index (κ3) is 3.20. The lowest BCUT2D eigenvalue weighted by atomic mass is 10.1. The second kappa shape index (κ2) is 6.93. The van der Waals surface area contributed by atoms with Crippen molar-refractivity contribution in [3.8, 4) is 0 Å². The molecule has 4 nitrogen and oxygen atoms in total. The van der Waals surface area contributed by atoms with Gasteiger partial charge in [0, 0.05) is 22.8 Å². The molecule has 0 fully saturated rings. The Bertz CT molecular complexity index is 954. The molecule has 0 atom stereocenters. The minimum atomic E-state index is -0.103. The molecule has 1 aromatic heterocycles. The van der Waals surface area contributed by atoms with E-state index in [0.29, 0.717) is 5.56 Å². The summed E-state index contributed by atoms with van der Waals surface area (Å²) >= 11 is 0. The minimum absolute atomic E-state index is 0.103. The molecular formula is C21H22N2O2. The summed E-state index contributed by atoms with van der Waals surface area (Å²) in [5.74, 6) is -0.103. The van der Waals surface area contributed by atoms with Crippen LogP contribution in [0.15, 0.2) is 42.6 Å². The largest absolute Gasteiger partial charge is 0.337 e. The Balaban J connectivity index is 1.93. The summed E-state index contributed by atoms with van der Waals surface area (Å²) in [6.45, 7) is 6.27. The van der Waals surface area contributed by atoms with Gasteiger partial charge in [-0.05, 0) is 43.0 Å². The molecule has 3 aromatic rings. The van der Waals surface area contributed by atoms with Gasteiger partial charge in [0.15, 0.2) is 6.29 Å². The number of rotatable bonds is 5. The molecule has 25 heavy (non-hydrogen) atoms. The molecule has 2 aromatic carbocycles. The van der Waals surface area contributed by atoms with Crippen molar-refractivity contribution in [1.29, 1.82) is 0 Å². The fourth-order valence-electron chi connectivity index (χ4n) is 3.20. The Morgan fingerprint density at radius 1 is 1.16 bits per heavy atom. The first kappa shape index (κ1) is 17.0. The number of carbonyl (C=O) groups is 2. The molecule has 0 unspecified atom stereocenters. The first-order valence-electron chi connectivity index (χ1n) is 8.47. The highest BCUT2D eigenvalue weighted by Gasteiger charge is 2.14. The van der Waals surface area contributed by atoms with Crippen LogP contribution in [0.5, 0.6) is 0 Å². The highest BCUT2D eigenvalue weighted by atomic mass is 16.2. The molecule has 0 radical (unpaired) electrons. The smallest absolute Gasteiger partial charge is 0.244 e. The molecule has 0 saturated heterocycles. The van der Waals surface area contributed by atoms with Crippen molar-refractivity contribution < 1.29 is 9.59 Å². The summed E-state index contributed by atoms with van der Waals surface area (Å²) in [5, 5.41) is 3.88. The fraction of sp³-hybridized carbons (Fsp3) is 0.238. The molecule has 128 valence electrons. The van der Waals surface area contributed by atoms with E-state index < -0.39 is 0 Å². The summed E-state index contributed by atoms with van der Waals surface area (Å²) in [7, 11) is 0. The third-order valence-corrected chi connectivity index (χ3v) is 4.71. The number of amides is 1. The van der Waals surface area contributed by atoms with Crippen molar-refractivity contribution in [3.05, 3.63) is 64.8 Å². The molecule has 4 heteroatoms. The summed E-state index contributed by atoms with van der Waals surface area (Å²) in [6, 6.07) is 11.8. The number of aldehydes is 1. The standard InChI is InChI=1S/C21H22N2O2/c1-4-16-8-6-9-18-17(13-24)11-23(21(16)18)12-20(25)22-19-10-5-7-14(2)15(19)3/h5-11,13H,4,12H2,1-3H3,(H,22,25). The summed E-state index contributed by atoms with van der Waals surface area (Å²) in [6.07, 6.45) is 3.46. The van der Waals surface area contributed by atoms with E-state index in [1.807, 2.05) is 54.8 Å². The number of nitrogens with one attached hydrogen (secondary N) is 1. The topological polar surface area (TPSA) is 51.1 Å². The van der Waals surface area contributed by atoms with Crippen LogP contribution in [0.3, 0.4) is 0 Å². The second-order valence-corrected chi connectivity index (χ2v) is 6.29. The maximum Gasteiger partial charge on any atom is 0.244 e. The van der Waals surface area contributed by atoms with Crippen molar-refractivity contribution in [2.75, 3.05) is 5.32 Å². The Morgan fingerprint density at radius 3 is 2.64 bits per heavy atom. The van der Waals surface area contributed by atoms with E-state index in [-0.39, 0.29) is 12.5 Å². The molecule has 1 N–H and O–H groups in total. The van der Waals surface area contributed by atoms with Crippen LogP contribution in [-0.4, -0.2) is 16.8 Å². The number of nitrogens with zero attached hydrogens (tertiary/aromatic N) is 1. The predicted octanol–water partition coefficient (Wildman–Crippen LogP) is 4.27. The lowest BCUT2D eigenvalue weighted by Crippen LogP contribution is -2.19. The monoisotopic (exact) mass is 334 g/mol. The molecule has 1 amide bonds. The number of anilines is 1. The maximum atomic E-state index is 12.6. The number of fused-ring (bicyclic) bond motifs is 1. The predicted molar refractivity (Wildman–Crippen MR) is 101 cm³/mol. The molecule has 0 aliphatic rings. The van der Waals surface area contributed by atoms with E-state index in [1.54, 1.807) is 6.20 Å². The van der Waals surface area contributed by atoms with Crippen LogP contribution < -0.4 is 5.32 Å². The Hall–Kier alpha value is -2.88. The molecule has 0 aliphatic carbocycles.